The number of benzene rings is 1. The summed E-state index contributed by atoms with van der Waals surface area (Å²) in [5.41, 5.74) is 1.31. The lowest BCUT2D eigenvalue weighted by molar-refractivity contribution is -0.0871. The third-order valence-electron chi connectivity index (χ3n) is 4.71. The highest BCUT2D eigenvalue weighted by atomic mass is 16.6. The number of aliphatic hydroxyl groups excluding tert-OH is 1. The highest BCUT2D eigenvalue weighted by molar-refractivity contribution is 5.38. The van der Waals surface area contributed by atoms with E-state index >= 15 is 0 Å². The Balaban J connectivity index is 2.12. The molecule has 1 heterocycles. The van der Waals surface area contributed by atoms with E-state index in [-0.39, 0.29) is 5.92 Å². The predicted molar refractivity (Wildman–Crippen MR) is 87.6 cm³/mol. The normalized spacial score (nSPS) is 24.4. The molecule has 0 aliphatic carbocycles. The Labute approximate surface area is 129 Å². The second-order valence-corrected chi connectivity index (χ2v) is 6.31. The molecule has 1 aromatic carbocycles. The van der Waals surface area contributed by atoms with Gasteiger partial charge in [-0.15, -0.1) is 0 Å². The molecule has 0 spiro atoms. The second-order valence-electron chi connectivity index (χ2n) is 6.31. The summed E-state index contributed by atoms with van der Waals surface area (Å²) >= 11 is 0. The van der Waals surface area contributed by atoms with Crippen molar-refractivity contribution in [1.29, 1.82) is 0 Å². The molecule has 1 aliphatic heterocycles. The van der Waals surface area contributed by atoms with E-state index in [1.807, 2.05) is 12.1 Å². The summed E-state index contributed by atoms with van der Waals surface area (Å²) in [6.45, 7) is 4.47. The summed E-state index contributed by atoms with van der Waals surface area (Å²) in [5, 5.41) is 10.4. The first-order valence-electron chi connectivity index (χ1n) is 8.71. The van der Waals surface area contributed by atoms with Crippen LogP contribution in [0.2, 0.25) is 0 Å². The SMILES string of the molecule is CCCCCC1c2ccccc2OC(O)C1CCCCC. The second kappa shape index (κ2) is 8.43. The number of hydrogen-bond acceptors (Lipinski definition) is 2. The maximum absolute atomic E-state index is 10.4. The molecule has 0 fully saturated rings. The van der Waals surface area contributed by atoms with Gasteiger partial charge in [-0.05, 0) is 30.4 Å². The first-order chi connectivity index (χ1) is 10.3. The van der Waals surface area contributed by atoms with Crippen molar-refractivity contribution in [3.63, 3.8) is 0 Å². The maximum atomic E-state index is 10.4. The third kappa shape index (κ3) is 4.23. The Bertz CT molecular complexity index is 416. The number of fused-ring (bicyclic) bond motifs is 1. The van der Waals surface area contributed by atoms with Crippen molar-refractivity contribution in [3.05, 3.63) is 29.8 Å². The largest absolute Gasteiger partial charge is 0.465 e. The van der Waals surface area contributed by atoms with Crippen molar-refractivity contribution in [3.8, 4) is 5.75 Å². The van der Waals surface area contributed by atoms with Crippen molar-refractivity contribution in [1.82, 2.24) is 0 Å². The van der Waals surface area contributed by atoms with Gasteiger partial charge in [-0.25, -0.2) is 0 Å². The molecular formula is C19H30O2. The molecule has 21 heavy (non-hydrogen) atoms. The predicted octanol–water partition coefficient (Wildman–Crippen LogP) is 5.26. The van der Waals surface area contributed by atoms with E-state index in [1.165, 1.54) is 50.5 Å². The molecule has 2 heteroatoms. The molecule has 0 amide bonds. The number of rotatable bonds is 8. The lowest BCUT2D eigenvalue weighted by Crippen LogP contribution is -2.36. The van der Waals surface area contributed by atoms with Crippen LogP contribution in [0.5, 0.6) is 5.75 Å². The van der Waals surface area contributed by atoms with Crippen molar-refractivity contribution >= 4 is 0 Å². The van der Waals surface area contributed by atoms with Crippen LogP contribution in [0, 0.1) is 5.92 Å². The van der Waals surface area contributed by atoms with Crippen molar-refractivity contribution in [2.24, 2.45) is 5.92 Å². The minimum Gasteiger partial charge on any atom is -0.465 e. The molecule has 2 rings (SSSR count). The molecule has 0 radical (unpaired) electrons. The van der Waals surface area contributed by atoms with Gasteiger partial charge in [0.25, 0.3) is 0 Å². The standard InChI is InChI=1S/C19H30O2/c1-3-5-7-11-15-16-12-9-10-14-18(16)21-19(20)17(15)13-8-6-4-2/h9-10,12,14-15,17,19-20H,3-8,11,13H2,1-2H3. The van der Waals surface area contributed by atoms with Crippen LogP contribution in [0.4, 0.5) is 0 Å². The quantitative estimate of drug-likeness (QED) is 0.662. The molecule has 0 saturated carbocycles. The van der Waals surface area contributed by atoms with Gasteiger partial charge in [0, 0.05) is 5.92 Å². The zero-order chi connectivity index (χ0) is 15.1. The van der Waals surface area contributed by atoms with Gasteiger partial charge in [0.05, 0.1) is 0 Å². The average molecular weight is 290 g/mol. The van der Waals surface area contributed by atoms with Gasteiger partial charge in [-0.1, -0.05) is 70.6 Å². The van der Waals surface area contributed by atoms with Crippen LogP contribution in [-0.4, -0.2) is 11.4 Å². The Morgan fingerprint density at radius 1 is 0.952 bits per heavy atom. The first-order valence-corrected chi connectivity index (χ1v) is 8.71. The monoisotopic (exact) mass is 290 g/mol. The van der Waals surface area contributed by atoms with E-state index in [2.05, 4.69) is 26.0 Å². The molecule has 0 bridgehead atoms. The molecule has 3 atom stereocenters. The number of ether oxygens (including phenoxy) is 1. The topological polar surface area (TPSA) is 29.5 Å². The molecule has 0 aromatic heterocycles. The van der Waals surface area contributed by atoms with Crippen molar-refractivity contribution < 1.29 is 9.84 Å². The molecule has 118 valence electrons. The van der Waals surface area contributed by atoms with Crippen LogP contribution in [0.15, 0.2) is 24.3 Å². The van der Waals surface area contributed by atoms with E-state index < -0.39 is 6.29 Å². The summed E-state index contributed by atoms with van der Waals surface area (Å²) in [4.78, 5) is 0. The smallest absolute Gasteiger partial charge is 0.200 e. The molecule has 0 saturated heterocycles. The van der Waals surface area contributed by atoms with Gasteiger partial charge in [0.15, 0.2) is 0 Å². The van der Waals surface area contributed by atoms with Crippen LogP contribution >= 0.6 is 0 Å². The van der Waals surface area contributed by atoms with Crippen molar-refractivity contribution in [2.45, 2.75) is 77.4 Å². The Morgan fingerprint density at radius 3 is 2.33 bits per heavy atom. The fourth-order valence-electron chi connectivity index (χ4n) is 3.50. The van der Waals surface area contributed by atoms with Crippen LogP contribution in [0.3, 0.4) is 0 Å². The molecule has 1 N–H and O–H groups in total. The van der Waals surface area contributed by atoms with Crippen LogP contribution in [0.1, 0.15) is 76.7 Å². The van der Waals surface area contributed by atoms with Crippen LogP contribution in [0.25, 0.3) is 0 Å². The van der Waals surface area contributed by atoms with E-state index in [4.69, 9.17) is 4.74 Å². The third-order valence-corrected chi connectivity index (χ3v) is 4.71. The van der Waals surface area contributed by atoms with Gasteiger partial charge in [-0.3, -0.25) is 0 Å². The number of aliphatic hydroxyl groups is 1. The zero-order valence-electron chi connectivity index (χ0n) is 13.6. The minimum atomic E-state index is -0.636. The zero-order valence-corrected chi connectivity index (χ0v) is 13.6. The molecule has 1 aromatic rings. The Hall–Kier alpha value is -1.02. The number of hydrogen-bond donors (Lipinski definition) is 1. The summed E-state index contributed by atoms with van der Waals surface area (Å²) in [5.74, 6) is 1.59. The fraction of sp³-hybridized carbons (Fsp3) is 0.684. The van der Waals surface area contributed by atoms with E-state index in [0.717, 1.165) is 12.2 Å². The minimum absolute atomic E-state index is 0.253. The lowest BCUT2D eigenvalue weighted by Gasteiger charge is -2.37. The molecule has 3 unspecified atom stereocenters. The summed E-state index contributed by atoms with van der Waals surface area (Å²) < 4.78 is 5.77. The van der Waals surface area contributed by atoms with E-state index in [1.54, 1.807) is 0 Å². The number of unbranched alkanes of at least 4 members (excludes halogenated alkanes) is 4. The average Bonchev–Trinajstić information content (AvgIpc) is 2.49. The summed E-state index contributed by atoms with van der Waals surface area (Å²) in [6, 6.07) is 8.26. The van der Waals surface area contributed by atoms with E-state index in [0.29, 0.717) is 5.92 Å². The number of para-hydroxylation sites is 1. The maximum Gasteiger partial charge on any atom is 0.200 e. The van der Waals surface area contributed by atoms with E-state index in [9.17, 15) is 5.11 Å². The first kappa shape index (κ1) is 16.4. The Morgan fingerprint density at radius 2 is 1.62 bits per heavy atom. The lowest BCUT2D eigenvalue weighted by atomic mass is 9.77. The van der Waals surface area contributed by atoms with Gasteiger partial charge >= 0.3 is 0 Å². The molecule has 1 aliphatic rings. The van der Waals surface area contributed by atoms with Gasteiger partial charge in [-0.2, -0.15) is 0 Å². The van der Waals surface area contributed by atoms with Crippen molar-refractivity contribution in [2.75, 3.05) is 0 Å². The van der Waals surface area contributed by atoms with Crippen LogP contribution < -0.4 is 4.74 Å². The molecule has 2 nitrogen and oxygen atoms in total. The van der Waals surface area contributed by atoms with Crippen LogP contribution in [-0.2, 0) is 0 Å². The highest BCUT2D eigenvalue weighted by Gasteiger charge is 2.36. The van der Waals surface area contributed by atoms with Gasteiger partial charge in [0.2, 0.25) is 6.29 Å². The molecular weight excluding hydrogens is 260 g/mol. The Kier molecular flexibility index (Phi) is 6.56. The summed E-state index contributed by atoms with van der Waals surface area (Å²) in [6.07, 6.45) is 9.02. The van der Waals surface area contributed by atoms with Gasteiger partial charge in [0.1, 0.15) is 5.75 Å². The van der Waals surface area contributed by atoms with Gasteiger partial charge < -0.3 is 9.84 Å². The summed E-state index contributed by atoms with van der Waals surface area (Å²) in [7, 11) is 0. The highest BCUT2D eigenvalue weighted by Crippen LogP contribution is 2.44. The fourth-order valence-corrected chi connectivity index (χ4v) is 3.50.